The highest BCUT2D eigenvalue weighted by Gasteiger charge is 2.43. The first-order valence-electron chi connectivity index (χ1n) is 6.63. The van der Waals surface area contributed by atoms with Crippen molar-refractivity contribution in [3.8, 4) is 0 Å². The molecule has 0 bridgehead atoms. The van der Waals surface area contributed by atoms with Gasteiger partial charge in [-0.05, 0) is 52.9 Å². The summed E-state index contributed by atoms with van der Waals surface area (Å²) in [5.74, 6) is 0.209. The molecule has 1 rings (SSSR count). The van der Waals surface area contributed by atoms with E-state index in [9.17, 15) is 4.79 Å². The Bertz CT molecular complexity index is 255. The van der Waals surface area contributed by atoms with Crippen LogP contribution in [0.2, 0.25) is 0 Å². The number of hydrogen-bond donors (Lipinski definition) is 0. The van der Waals surface area contributed by atoms with E-state index in [0.29, 0.717) is 0 Å². The number of hydrogen-bond acceptors (Lipinski definition) is 3. The third kappa shape index (κ3) is 3.29. The van der Waals surface area contributed by atoms with E-state index in [1.165, 1.54) is 6.42 Å². The van der Waals surface area contributed by atoms with E-state index in [4.69, 9.17) is 4.84 Å². The zero-order valence-corrected chi connectivity index (χ0v) is 12.1. The molecule has 0 N–H and O–H groups in total. The van der Waals surface area contributed by atoms with Crippen LogP contribution >= 0.6 is 0 Å². The van der Waals surface area contributed by atoms with Crippen LogP contribution in [0.1, 0.15) is 60.8 Å². The van der Waals surface area contributed by atoms with Gasteiger partial charge in [-0.1, -0.05) is 13.8 Å². The topological polar surface area (TPSA) is 29.5 Å². The lowest BCUT2D eigenvalue weighted by Crippen LogP contribution is -2.59. The summed E-state index contributed by atoms with van der Waals surface area (Å²) >= 11 is 0. The van der Waals surface area contributed by atoms with Gasteiger partial charge in [-0.25, -0.2) is 0 Å². The number of aldehydes is 1. The number of piperidine rings is 1. The van der Waals surface area contributed by atoms with Crippen molar-refractivity contribution in [2.75, 3.05) is 0 Å². The first-order chi connectivity index (χ1) is 7.70. The van der Waals surface area contributed by atoms with Gasteiger partial charge in [0.05, 0.1) is 0 Å². The minimum absolute atomic E-state index is 0.00208. The summed E-state index contributed by atoms with van der Waals surface area (Å²) in [4.78, 5) is 17.1. The maximum absolute atomic E-state index is 11.1. The summed E-state index contributed by atoms with van der Waals surface area (Å²) in [5, 5.41) is 2.06. The molecule has 0 aliphatic carbocycles. The van der Waals surface area contributed by atoms with Crippen molar-refractivity contribution in [1.29, 1.82) is 0 Å². The highest BCUT2D eigenvalue weighted by Crippen LogP contribution is 2.39. The van der Waals surface area contributed by atoms with Crippen molar-refractivity contribution in [3.63, 3.8) is 0 Å². The normalized spacial score (nSPS) is 25.8. The Kier molecular flexibility index (Phi) is 4.37. The molecule has 1 saturated heterocycles. The number of nitrogens with zero attached hydrogens (tertiary/aromatic N) is 1. The first-order valence-corrected chi connectivity index (χ1v) is 6.63. The fourth-order valence-electron chi connectivity index (χ4n) is 2.69. The quantitative estimate of drug-likeness (QED) is 0.708. The maximum atomic E-state index is 11.1. The molecule has 1 atom stereocenters. The van der Waals surface area contributed by atoms with Gasteiger partial charge in [0.25, 0.3) is 0 Å². The summed E-state index contributed by atoms with van der Waals surface area (Å²) in [6.45, 7) is 12.8. The minimum Gasteiger partial charge on any atom is -0.300 e. The SMILES string of the molecule is CC(C)C(C=O)ON1C(C)(C)CCCC1(C)C. The van der Waals surface area contributed by atoms with Crippen LogP contribution in [0.4, 0.5) is 0 Å². The van der Waals surface area contributed by atoms with Gasteiger partial charge in [-0.2, -0.15) is 5.06 Å². The van der Waals surface area contributed by atoms with Gasteiger partial charge >= 0.3 is 0 Å². The summed E-state index contributed by atoms with van der Waals surface area (Å²) in [6.07, 6.45) is 4.02. The Balaban J connectivity index is 2.86. The van der Waals surface area contributed by atoms with Crippen LogP contribution in [0.5, 0.6) is 0 Å². The molecule has 0 aromatic carbocycles. The summed E-state index contributed by atoms with van der Waals surface area (Å²) in [6, 6.07) is 0. The third-order valence-electron chi connectivity index (χ3n) is 3.70. The molecular weight excluding hydrogens is 214 g/mol. The maximum Gasteiger partial charge on any atom is 0.151 e. The molecule has 0 spiro atoms. The highest BCUT2D eigenvalue weighted by molar-refractivity contribution is 5.56. The van der Waals surface area contributed by atoms with Crippen molar-refractivity contribution < 1.29 is 9.63 Å². The van der Waals surface area contributed by atoms with Crippen LogP contribution in [0.25, 0.3) is 0 Å². The van der Waals surface area contributed by atoms with E-state index in [-0.39, 0.29) is 23.1 Å². The van der Waals surface area contributed by atoms with E-state index < -0.39 is 0 Å². The first kappa shape index (κ1) is 14.7. The Morgan fingerprint density at radius 1 is 1.12 bits per heavy atom. The van der Waals surface area contributed by atoms with E-state index in [2.05, 4.69) is 32.8 Å². The van der Waals surface area contributed by atoms with E-state index in [0.717, 1.165) is 19.1 Å². The molecule has 1 heterocycles. The number of rotatable bonds is 4. The predicted molar refractivity (Wildman–Crippen MR) is 69.6 cm³/mol. The number of carbonyl (C=O) groups is 1. The lowest BCUT2D eigenvalue weighted by molar-refractivity contribution is -0.301. The number of hydroxylamine groups is 2. The van der Waals surface area contributed by atoms with Crippen molar-refractivity contribution >= 4 is 6.29 Å². The summed E-state index contributed by atoms with van der Waals surface area (Å²) in [5.41, 5.74) is -0.00417. The standard InChI is InChI=1S/C14H27NO2/c1-11(2)12(10-16)17-15-13(3,4)8-7-9-14(15,5)6/h10-12H,7-9H2,1-6H3. The molecule has 3 nitrogen and oxygen atoms in total. The van der Waals surface area contributed by atoms with Crippen molar-refractivity contribution in [2.24, 2.45) is 5.92 Å². The van der Waals surface area contributed by atoms with Crippen LogP contribution in [0.3, 0.4) is 0 Å². The molecule has 1 unspecified atom stereocenters. The van der Waals surface area contributed by atoms with Crippen LogP contribution in [0.15, 0.2) is 0 Å². The lowest BCUT2D eigenvalue weighted by Gasteiger charge is -2.52. The second-order valence-electron chi connectivity index (χ2n) is 6.72. The average molecular weight is 241 g/mol. The second kappa shape index (κ2) is 5.07. The largest absolute Gasteiger partial charge is 0.300 e. The molecule has 1 aliphatic rings. The average Bonchev–Trinajstić information content (AvgIpc) is 2.15. The zero-order chi connectivity index (χ0) is 13.3. The van der Waals surface area contributed by atoms with Gasteiger partial charge in [0, 0.05) is 11.1 Å². The van der Waals surface area contributed by atoms with Crippen LogP contribution in [0, 0.1) is 5.92 Å². The Labute approximate surface area is 105 Å². The fourth-order valence-corrected chi connectivity index (χ4v) is 2.69. The molecule has 100 valence electrons. The van der Waals surface area contributed by atoms with Crippen LogP contribution in [-0.4, -0.2) is 28.5 Å². The fraction of sp³-hybridized carbons (Fsp3) is 0.929. The summed E-state index contributed by atoms with van der Waals surface area (Å²) in [7, 11) is 0. The minimum atomic E-state index is -0.341. The summed E-state index contributed by atoms with van der Waals surface area (Å²) < 4.78 is 0. The predicted octanol–water partition coefficient (Wildman–Crippen LogP) is 3.18. The second-order valence-corrected chi connectivity index (χ2v) is 6.72. The van der Waals surface area contributed by atoms with E-state index >= 15 is 0 Å². The number of carbonyl (C=O) groups excluding carboxylic acids is 1. The monoisotopic (exact) mass is 241 g/mol. The molecule has 0 aromatic rings. The van der Waals surface area contributed by atoms with Crippen molar-refractivity contribution in [3.05, 3.63) is 0 Å². The molecular formula is C14H27NO2. The molecule has 0 amide bonds. The van der Waals surface area contributed by atoms with Gasteiger partial charge in [-0.3, -0.25) is 4.84 Å². The van der Waals surface area contributed by atoms with Gasteiger partial charge in [0.1, 0.15) is 6.10 Å². The van der Waals surface area contributed by atoms with Gasteiger partial charge in [0.2, 0.25) is 0 Å². The van der Waals surface area contributed by atoms with Crippen LogP contribution < -0.4 is 0 Å². The van der Waals surface area contributed by atoms with E-state index in [1.54, 1.807) is 0 Å². The smallest absolute Gasteiger partial charge is 0.151 e. The lowest BCUT2D eigenvalue weighted by atomic mass is 9.82. The Morgan fingerprint density at radius 3 is 1.94 bits per heavy atom. The zero-order valence-electron chi connectivity index (χ0n) is 12.1. The molecule has 1 aliphatic heterocycles. The van der Waals surface area contributed by atoms with Crippen LogP contribution in [-0.2, 0) is 9.63 Å². The molecule has 0 saturated carbocycles. The molecule has 17 heavy (non-hydrogen) atoms. The van der Waals surface area contributed by atoms with Gasteiger partial charge in [-0.15, -0.1) is 0 Å². The van der Waals surface area contributed by atoms with Gasteiger partial charge < -0.3 is 4.79 Å². The molecule has 1 fully saturated rings. The molecule has 0 radical (unpaired) electrons. The van der Waals surface area contributed by atoms with Crippen molar-refractivity contribution in [1.82, 2.24) is 5.06 Å². The van der Waals surface area contributed by atoms with Gasteiger partial charge in [0.15, 0.2) is 6.29 Å². The van der Waals surface area contributed by atoms with Crippen molar-refractivity contribution in [2.45, 2.75) is 78.0 Å². The highest BCUT2D eigenvalue weighted by atomic mass is 16.7. The Morgan fingerprint density at radius 2 is 1.59 bits per heavy atom. The molecule has 3 heteroatoms. The molecule has 0 aromatic heterocycles. The third-order valence-corrected chi connectivity index (χ3v) is 3.70. The van der Waals surface area contributed by atoms with E-state index in [1.807, 2.05) is 13.8 Å². The Hall–Kier alpha value is -0.410.